The van der Waals surface area contributed by atoms with E-state index in [0.29, 0.717) is 5.41 Å². The number of rotatable bonds is 7. The first-order chi connectivity index (χ1) is 8.48. The molecule has 108 valence electrons. The van der Waals surface area contributed by atoms with E-state index in [4.69, 9.17) is 0 Å². The van der Waals surface area contributed by atoms with Crippen LogP contribution < -0.4 is 5.32 Å². The Morgan fingerprint density at radius 2 is 2.00 bits per heavy atom. The minimum atomic E-state index is 0.544. The third-order valence-corrected chi connectivity index (χ3v) is 4.58. The zero-order valence-corrected chi connectivity index (χ0v) is 13.3. The highest BCUT2D eigenvalue weighted by Crippen LogP contribution is 2.38. The Hall–Kier alpha value is -0.0800. The van der Waals surface area contributed by atoms with Gasteiger partial charge in [-0.25, -0.2) is 0 Å². The monoisotopic (exact) mass is 254 g/mol. The molecule has 2 unspecified atom stereocenters. The summed E-state index contributed by atoms with van der Waals surface area (Å²) in [7, 11) is 4.43. The molecular formula is C16H34N2. The molecule has 0 bridgehead atoms. The Balaban J connectivity index is 2.40. The molecule has 2 nitrogen and oxygen atoms in total. The van der Waals surface area contributed by atoms with Crippen LogP contribution in [0.4, 0.5) is 0 Å². The summed E-state index contributed by atoms with van der Waals surface area (Å²) in [6.45, 7) is 9.67. The van der Waals surface area contributed by atoms with Gasteiger partial charge in [-0.15, -0.1) is 0 Å². The molecule has 1 aliphatic rings. The van der Waals surface area contributed by atoms with Gasteiger partial charge >= 0.3 is 0 Å². The molecule has 0 spiro atoms. The van der Waals surface area contributed by atoms with Crippen LogP contribution in [-0.4, -0.2) is 38.1 Å². The van der Waals surface area contributed by atoms with E-state index in [9.17, 15) is 0 Å². The van der Waals surface area contributed by atoms with Crippen molar-refractivity contribution in [3.8, 4) is 0 Å². The first-order valence-corrected chi connectivity index (χ1v) is 7.84. The molecule has 0 aliphatic heterocycles. The van der Waals surface area contributed by atoms with E-state index >= 15 is 0 Å². The molecule has 1 N–H and O–H groups in total. The SMILES string of the molecule is CCCCCN(C)CC1CC(C)(C)CCC1NC. The van der Waals surface area contributed by atoms with Crippen LogP contribution in [0.3, 0.4) is 0 Å². The fourth-order valence-corrected chi connectivity index (χ4v) is 3.43. The molecule has 1 aliphatic carbocycles. The second kappa shape index (κ2) is 7.49. The van der Waals surface area contributed by atoms with Crippen LogP contribution >= 0.6 is 0 Å². The van der Waals surface area contributed by atoms with Gasteiger partial charge in [0.25, 0.3) is 0 Å². The maximum atomic E-state index is 3.54. The van der Waals surface area contributed by atoms with E-state index in [1.807, 2.05) is 0 Å². The summed E-state index contributed by atoms with van der Waals surface area (Å²) >= 11 is 0. The lowest BCUT2D eigenvalue weighted by Gasteiger charge is -2.42. The lowest BCUT2D eigenvalue weighted by Crippen LogP contribution is -2.45. The van der Waals surface area contributed by atoms with Crippen LogP contribution in [-0.2, 0) is 0 Å². The highest BCUT2D eigenvalue weighted by Gasteiger charge is 2.34. The van der Waals surface area contributed by atoms with E-state index in [1.165, 1.54) is 51.6 Å². The molecular weight excluding hydrogens is 220 g/mol. The summed E-state index contributed by atoms with van der Waals surface area (Å²) in [5.41, 5.74) is 0.544. The summed E-state index contributed by atoms with van der Waals surface area (Å²) in [6.07, 6.45) is 8.13. The molecule has 0 radical (unpaired) electrons. The molecule has 2 heteroatoms. The molecule has 1 saturated carbocycles. The van der Waals surface area contributed by atoms with Crippen LogP contribution in [0.5, 0.6) is 0 Å². The Labute approximate surface area is 115 Å². The van der Waals surface area contributed by atoms with Gasteiger partial charge in [0, 0.05) is 12.6 Å². The topological polar surface area (TPSA) is 15.3 Å². The third-order valence-electron chi connectivity index (χ3n) is 4.58. The second-order valence-corrected chi connectivity index (χ2v) is 7.03. The van der Waals surface area contributed by atoms with Gasteiger partial charge in [0.05, 0.1) is 0 Å². The predicted molar refractivity (Wildman–Crippen MR) is 81.0 cm³/mol. The number of hydrogen-bond acceptors (Lipinski definition) is 2. The summed E-state index contributed by atoms with van der Waals surface area (Å²) in [5, 5.41) is 3.54. The highest BCUT2D eigenvalue weighted by molar-refractivity contribution is 4.89. The van der Waals surface area contributed by atoms with Gasteiger partial charge < -0.3 is 10.2 Å². The van der Waals surface area contributed by atoms with Gasteiger partial charge in [0.1, 0.15) is 0 Å². The Bertz CT molecular complexity index is 225. The molecule has 1 rings (SSSR count). The van der Waals surface area contributed by atoms with Gasteiger partial charge in [-0.05, 0) is 57.7 Å². The summed E-state index contributed by atoms with van der Waals surface area (Å²) in [5.74, 6) is 0.824. The molecule has 0 saturated heterocycles. The lowest BCUT2D eigenvalue weighted by molar-refractivity contribution is 0.111. The van der Waals surface area contributed by atoms with Gasteiger partial charge in [-0.2, -0.15) is 0 Å². The number of hydrogen-bond donors (Lipinski definition) is 1. The Morgan fingerprint density at radius 1 is 1.28 bits per heavy atom. The molecule has 1 fully saturated rings. The first-order valence-electron chi connectivity index (χ1n) is 7.84. The number of nitrogens with zero attached hydrogens (tertiary/aromatic N) is 1. The lowest BCUT2D eigenvalue weighted by atomic mass is 9.69. The molecule has 18 heavy (non-hydrogen) atoms. The van der Waals surface area contributed by atoms with Gasteiger partial charge in [-0.1, -0.05) is 33.6 Å². The van der Waals surface area contributed by atoms with E-state index in [2.05, 4.69) is 45.1 Å². The summed E-state index contributed by atoms with van der Waals surface area (Å²) in [6, 6.07) is 0.728. The van der Waals surface area contributed by atoms with Crippen molar-refractivity contribution in [1.82, 2.24) is 10.2 Å². The van der Waals surface area contributed by atoms with Crippen molar-refractivity contribution in [2.45, 2.75) is 65.3 Å². The quantitative estimate of drug-likeness (QED) is 0.699. The van der Waals surface area contributed by atoms with Gasteiger partial charge in [0.2, 0.25) is 0 Å². The predicted octanol–water partition coefficient (Wildman–Crippen LogP) is 3.52. The maximum absolute atomic E-state index is 3.54. The smallest absolute Gasteiger partial charge is 0.0105 e. The third kappa shape index (κ3) is 5.27. The van der Waals surface area contributed by atoms with Crippen molar-refractivity contribution in [3.63, 3.8) is 0 Å². The largest absolute Gasteiger partial charge is 0.317 e. The van der Waals surface area contributed by atoms with E-state index in [0.717, 1.165) is 12.0 Å². The first kappa shape index (κ1) is 16.0. The number of unbranched alkanes of at least 4 members (excludes halogenated alkanes) is 2. The Morgan fingerprint density at radius 3 is 2.61 bits per heavy atom. The zero-order chi connectivity index (χ0) is 13.6. The van der Waals surface area contributed by atoms with Crippen molar-refractivity contribution in [3.05, 3.63) is 0 Å². The van der Waals surface area contributed by atoms with Crippen molar-refractivity contribution >= 4 is 0 Å². The average Bonchev–Trinajstić information content (AvgIpc) is 2.28. The normalized spacial score (nSPS) is 27.7. The molecule has 0 aromatic rings. The van der Waals surface area contributed by atoms with Crippen molar-refractivity contribution in [2.24, 2.45) is 11.3 Å². The Kier molecular flexibility index (Phi) is 6.65. The molecule has 0 aromatic carbocycles. The highest BCUT2D eigenvalue weighted by atomic mass is 15.1. The van der Waals surface area contributed by atoms with E-state index in [1.54, 1.807) is 0 Å². The zero-order valence-electron chi connectivity index (χ0n) is 13.3. The van der Waals surface area contributed by atoms with Crippen LogP contribution in [0.25, 0.3) is 0 Å². The van der Waals surface area contributed by atoms with Crippen LogP contribution in [0, 0.1) is 11.3 Å². The van der Waals surface area contributed by atoms with E-state index in [-0.39, 0.29) is 0 Å². The van der Waals surface area contributed by atoms with Gasteiger partial charge in [0.15, 0.2) is 0 Å². The van der Waals surface area contributed by atoms with E-state index < -0.39 is 0 Å². The summed E-state index contributed by atoms with van der Waals surface area (Å²) in [4.78, 5) is 2.55. The maximum Gasteiger partial charge on any atom is 0.0105 e. The van der Waals surface area contributed by atoms with Crippen LogP contribution in [0.1, 0.15) is 59.3 Å². The van der Waals surface area contributed by atoms with Crippen molar-refractivity contribution in [1.29, 1.82) is 0 Å². The number of nitrogens with one attached hydrogen (secondary N) is 1. The fourth-order valence-electron chi connectivity index (χ4n) is 3.43. The molecule has 0 amide bonds. The van der Waals surface area contributed by atoms with Crippen molar-refractivity contribution < 1.29 is 0 Å². The minimum Gasteiger partial charge on any atom is -0.317 e. The average molecular weight is 254 g/mol. The molecule has 2 atom stereocenters. The summed E-state index contributed by atoms with van der Waals surface area (Å²) < 4.78 is 0. The standard InChI is InChI=1S/C16H34N2/c1-6-7-8-11-18(5)13-14-12-16(2,3)10-9-15(14)17-4/h14-15,17H,6-13H2,1-5H3. The van der Waals surface area contributed by atoms with Crippen LogP contribution in [0.2, 0.25) is 0 Å². The molecule has 0 aromatic heterocycles. The fraction of sp³-hybridized carbons (Fsp3) is 1.00. The minimum absolute atomic E-state index is 0.544. The second-order valence-electron chi connectivity index (χ2n) is 7.03. The van der Waals surface area contributed by atoms with Crippen molar-refractivity contribution in [2.75, 3.05) is 27.2 Å². The van der Waals surface area contributed by atoms with Crippen LogP contribution in [0.15, 0.2) is 0 Å². The van der Waals surface area contributed by atoms with Gasteiger partial charge in [-0.3, -0.25) is 0 Å². The molecule has 0 heterocycles.